The summed E-state index contributed by atoms with van der Waals surface area (Å²) in [5, 5.41) is 2.70. The molecule has 0 bridgehead atoms. The lowest BCUT2D eigenvalue weighted by atomic mass is 10.1. The van der Waals surface area contributed by atoms with E-state index < -0.39 is 17.6 Å². The molecule has 2 amide bonds. The molecule has 0 aliphatic carbocycles. The topological polar surface area (TPSA) is 84.9 Å². The van der Waals surface area contributed by atoms with Crippen LogP contribution in [0.5, 0.6) is 5.75 Å². The van der Waals surface area contributed by atoms with E-state index in [4.69, 9.17) is 9.47 Å². The summed E-state index contributed by atoms with van der Waals surface area (Å²) >= 11 is 1.17. The van der Waals surface area contributed by atoms with Crippen LogP contribution >= 0.6 is 11.8 Å². The lowest BCUT2D eigenvalue weighted by molar-refractivity contribution is -0.156. The molecule has 8 heteroatoms. The first kappa shape index (κ1) is 24.8. The first-order valence-electron chi connectivity index (χ1n) is 9.56. The van der Waals surface area contributed by atoms with Crippen LogP contribution in [0.4, 0.5) is 4.79 Å². The smallest absolute Gasteiger partial charge is 0.328 e. The van der Waals surface area contributed by atoms with Crippen LogP contribution < -0.4 is 10.1 Å². The minimum absolute atomic E-state index is 0.00244. The van der Waals surface area contributed by atoms with Gasteiger partial charge in [0.2, 0.25) is 0 Å². The molecule has 0 aliphatic heterocycles. The third-order valence-corrected chi connectivity index (χ3v) is 4.68. The number of carbonyl (C=O) groups excluding carboxylic acids is 3. The predicted octanol–water partition coefficient (Wildman–Crippen LogP) is 3.26. The first-order chi connectivity index (χ1) is 13.5. The molecule has 0 unspecified atom stereocenters. The van der Waals surface area contributed by atoms with Crippen molar-refractivity contribution >= 4 is 28.9 Å². The average Bonchev–Trinajstić information content (AvgIpc) is 2.63. The summed E-state index contributed by atoms with van der Waals surface area (Å²) in [4.78, 5) is 37.7. The molecule has 1 aromatic rings. The zero-order valence-electron chi connectivity index (χ0n) is 18.1. The molecule has 7 nitrogen and oxygen atoms in total. The summed E-state index contributed by atoms with van der Waals surface area (Å²) in [6, 6.07) is 6.50. The zero-order valence-corrected chi connectivity index (χ0v) is 18.9. The number of hydrogen-bond acceptors (Lipinski definition) is 6. The van der Waals surface area contributed by atoms with E-state index in [1.165, 1.54) is 18.7 Å². The highest BCUT2D eigenvalue weighted by atomic mass is 32.2. The van der Waals surface area contributed by atoms with Gasteiger partial charge in [-0.1, -0.05) is 23.9 Å². The van der Waals surface area contributed by atoms with Gasteiger partial charge >= 0.3 is 12.0 Å². The van der Waals surface area contributed by atoms with E-state index in [1.54, 1.807) is 39.7 Å². The minimum Gasteiger partial charge on any atom is -0.497 e. The fraction of sp³-hybridized carbons (Fsp3) is 0.571. The fourth-order valence-corrected chi connectivity index (χ4v) is 3.00. The number of nitrogens with zero attached hydrogens (tertiary/aromatic N) is 1. The number of hydrogen-bond donors (Lipinski definition) is 1. The molecule has 0 aliphatic rings. The van der Waals surface area contributed by atoms with Crippen molar-refractivity contribution < 1.29 is 23.9 Å². The van der Waals surface area contributed by atoms with Crippen LogP contribution in [0, 0.1) is 0 Å². The molecule has 0 radical (unpaired) electrons. The van der Waals surface area contributed by atoms with Gasteiger partial charge in [0.1, 0.15) is 17.4 Å². The molecule has 0 heterocycles. The number of amides is 2. The van der Waals surface area contributed by atoms with Gasteiger partial charge in [-0.15, -0.1) is 0 Å². The maximum Gasteiger partial charge on any atom is 0.328 e. The molecule has 0 spiro atoms. The Labute approximate surface area is 177 Å². The molecule has 162 valence electrons. The Bertz CT molecular complexity index is 685. The third kappa shape index (κ3) is 10.2. The van der Waals surface area contributed by atoms with E-state index in [2.05, 4.69) is 5.32 Å². The second-order valence-electron chi connectivity index (χ2n) is 7.63. The summed E-state index contributed by atoms with van der Waals surface area (Å²) in [6.45, 7) is 9.28. The number of carbonyl (C=O) groups is 3. The molecule has 0 saturated heterocycles. The summed E-state index contributed by atoms with van der Waals surface area (Å²) in [5.41, 5.74) is 0.436. The lowest BCUT2D eigenvalue weighted by Crippen LogP contribution is -2.49. The molecule has 1 atom stereocenters. The number of nitrogens with one attached hydrogen (secondary N) is 1. The van der Waals surface area contributed by atoms with Crippen molar-refractivity contribution in [1.29, 1.82) is 0 Å². The number of rotatable bonds is 9. The molecule has 0 saturated carbocycles. The van der Waals surface area contributed by atoms with Gasteiger partial charge in [0.05, 0.1) is 7.11 Å². The monoisotopic (exact) mass is 424 g/mol. The lowest BCUT2D eigenvalue weighted by Gasteiger charge is -2.26. The number of urea groups is 1. The van der Waals surface area contributed by atoms with Gasteiger partial charge in [-0.2, -0.15) is 0 Å². The highest BCUT2D eigenvalue weighted by molar-refractivity contribution is 8.13. The average molecular weight is 425 g/mol. The molecule has 1 N–H and O–H groups in total. The molecule has 0 aromatic heterocycles. The van der Waals surface area contributed by atoms with Crippen LogP contribution in [-0.2, 0) is 20.7 Å². The molecular weight excluding hydrogens is 392 g/mol. The van der Waals surface area contributed by atoms with Gasteiger partial charge in [0.25, 0.3) is 0 Å². The molecule has 1 aromatic carbocycles. The maximum absolute atomic E-state index is 12.7. The number of thioether (sulfide) groups is 1. The maximum atomic E-state index is 12.7. The van der Waals surface area contributed by atoms with E-state index in [1.807, 2.05) is 24.3 Å². The van der Waals surface area contributed by atoms with Gasteiger partial charge in [0.15, 0.2) is 5.12 Å². The normalized spacial score (nSPS) is 12.1. The number of benzene rings is 1. The summed E-state index contributed by atoms with van der Waals surface area (Å²) in [6.07, 6.45) is 0.642. The first-order valence-corrected chi connectivity index (χ1v) is 10.5. The third-order valence-electron chi connectivity index (χ3n) is 3.88. The Morgan fingerprint density at radius 3 is 2.28 bits per heavy atom. The van der Waals surface area contributed by atoms with Crippen LogP contribution in [0.1, 0.15) is 40.2 Å². The quantitative estimate of drug-likeness (QED) is 0.613. The largest absolute Gasteiger partial charge is 0.497 e. The zero-order chi connectivity index (χ0) is 22.0. The fourth-order valence-electron chi connectivity index (χ4n) is 2.40. The Morgan fingerprint density at radius 1 is 1.14 bits per heavy atom. The van der Waals surface area contributed by atoms with Crippen LogP contribution in [0.25, 0.3) is 0 Å². The van der Waals surface area contributed by atoms with Crippen LogP contribution in [-0.4, -0.2) is 59.6 Å². The second kappa shape index (κ2) is 11.7. The van der Waals surface area contributed by atoms with E-state index >= 15 is 0 Å². The van der Waals surface area contributed by atoms with Crippen LogP contribution in [0.15, 0.2) is 24.3 Å². The predicted molar refractivity (Wildman–Crippen MR) is 115 cm³/mol. The summed E-state index contributed by atoms with van der Waals surface area (Å²) in [7, 11) is 1.61. The van der Waals surface area contributed by atoms with Gasteiger partial charge in [0, 0.05) is 25.8 Å². The number of esters is 1. The Hall–Kier alpha value is -2.22. The van der Waals surface area contributed by atoms with Crippen LogP contribution in [0.3, 0.4) is 0 Å². The number of methoxy groups -OCH3 is 1. The molecule has 0 fully saturated rings. The van der Waals surface area contributed by atoms with E-state index in [0.29, 0.717) is 25.3 Å². The molecule has 29 heavy (non-hydrogen) atoms. The standard InChI is InChI=1S/C21H32N2O5S/c1-15(19(25)28-21(3,4)5)22-20(26)23(13-14-29-16(2)24)12-11-17-7-9-18(27-6)10-8-17/h7-10,15H,11-14H2,1-6H3,(H,22,26)/t15-/m0/s1. The van der Waals surface area contributed by atoms with E-state index in [-0.39, 0.29) is 11.1 Å². The van der Waals surface area contributed by atoms with E-state index in [0.717, 1.165) is 11.3 Å². The number of ether oxygens (including phenoxy) is 2. The van der Waals surface area contributed by atoms with Crippen molar-refractivity contribution in [2.45, 2.75) is 52.7 Å². The SMILES string of the molecule is COc1ccc(CCN(CCSC(C)=O)C(=O)N[C@@H](C)C(=O)OC(C)(C)C)cc1. The second-order valence-corrected chi connectivity index (χ2v) is 8.90. The molecular formula is C21H32N2O5S. The van der Waals surface area contributed by atoms with Gasteiger partial charge in [-0.05, 0) is 51.8 Å². The summed E-state index contributed by atoms with van der Waals surface area (Å²) < 4.78 is 10.5. The van der Waals surface area contributed by atoms with Gasteiger partial charge in [-0.25, -0.2) is 9.59 Å². The minimum atomic E-state index is -0.773. The van der Waals surface area contributed by atoms with Crippen molar-refractivity contribution in [3.63, 3.8) is 0 Å². The van der Waals surface area contributed by atoms with Gasteiger partial charge in [-0.3, -0.25) is 4.79 Å². The van der Waals surface area contributed by atoms with Crippen molar-refractivity contribution in [3.8, 4) is 5.75 Å². The van der Waals surface area contributed by atoms with Gasteiger partial charge < -0.3 is 19.7 Å². The molecule has 1 rings (SSSR count). The Balaban J connectivity index is 2.71. The highest BCUT2D eigenvalue weighted by Crippen LogP contribution is 2.13. The van der Waals surface area contributed by atoms with Crippen molar-refractivity contribution in [2.24, 2.45) is 0 Å². The van der Waals surface area contributed by atoms with Crippen molar-refractivity contribution in [1.82, 2.24) is 10.2 Å². The summed E-state index contributed by atoms with van der Waals surface area (Å²) in [5.74, 6) is 0.776. The Kier molecular flexibility index (Phi) is 10.0. The Morgan fingerprint density at radius 2 is 1.76 bits per heavy atom. The highest BCUT2D eigenvalue weighted by Gasteiger charge is 2.25. The van der Waals surface area contributed by atoms with Crippen molar-refractivity contribution in [2.75, 3.05) is 26.0 Å². The van der Waals surface area contributed by atoms with Crippen molar-refractivity contribution in [3.05, 3.63) is 29.8 Å². The van der Waals surface area contributed by atoms with Crippen LogP contribution in [0.2, 0.25) is 0 Å². The van der Waals surface area contributed by atoms with E-state index in [9.17, 15) is 14.4 Å².